The smallest absolute Gasteiger partial charge is 0.344 e. The fraction of sp³-hybridized carbons (Fsp3) is 0.387. The monoisotopic (exact) mass is 736 g/mol. The van der Waals surface area contributed by atoms with E-state index in [1.165, 1.54) is 43.3 Å². The van der Waals surface area contributed by atoms with Gasteiger partial charge in [-0.2, -0.15) is 0 Å². The van der Waals surface area contributed by atoms with E-state index in [4.69, 9.17) is 15.2 Å². The number of Topliss-reactive ketones (excluding diaryl/α,β-unsaturated/α-hetero) is 2. The van der Waals surface area contributed by atoms with Crippen molar-refractivity contribution in [2.75, 3.05) is 27.3 Å². The third-order valence-corrected chi connectivity index (χ3v) is 8.97. The van der Waals surface area contributed by atoms with Crippen LogP contribution in [0.2, 0.25) is 0 Å². The number of ether oxygens (including phenoxy) is 2. The number of hydrogen-bond acceptors (Lipinski definition) is 12. The molecule has 0 fully saturated rings. The number of benzene rings is 1. The molecule has 0 bridgehead atoms. The number of amides is 1. The van der Waals surface area contributed by atoms with Crippen LogP contribution in [0.1, 0.15) is 41.8 Å². The maximum absolute atomic E-state index is 14.0. The Labute approximate surface area is 271 Å². The molecule has 0 radical (unpaired) electrons. The lowest BCUT2D eigenvalue weighted by atomic mass is 9.58. The van der Waals surface area contributed by atoms with Gasteiger partial charge in [0.25, 0.3) is 5.91 Å². The summed E-state index contributed by atoms with van der Waals surface area (Å²) in [7, 11) is 3.08. The molecule has 13 nitrogen and oxygen atoms in total. The number of halogens is 1. The Morgan fingerprint density at radius 2 is 1.71 bits per heavy atom. The van der Waals surface area contributed by atoms with Gasteiger partial charge >= 0.3 is 11.9 Å². The Hall–Kier alpha value is -4.02. The van der Waals surface area contributed by atoms with Gasteiger partial charge in [0.2, 0.25) is 5.78 Å². The third-order valence-electron chi connectivity index (χ3n) is 8.22. The molecule has 0 spiro atoms. The molecular weight excluding hydrogens is 703 g/mol. The van der Waals surface area contributed by atoms with E-state index in [9.17, 15) is 44.4 Å². The van der Waals surface area contributed by atoms with Crippen LogP contribution in [0.5, 0.6) is 5.75 Å². The average Bonchev–Trinajstić information content (AvgIpc) is 2.95. The predicted molar refractivity (Wildman–Crippen MR) is 167 cm³/mol. The van der Waals surface area contributed by atoms with Crippen LogP contribution in [0.25, 0.3) is 6.08 Å². The summed E-state index contributed by atoms with van der Waals surface area (Å²) < 4.78 is 10.2. The summed E-state index contributed by atoms with van der Waals surface area (Å²) in [5.41, 5.74) is 1.75. The highest BCUT2D eigenvalue weighted by Crippen LogP contribution is 2.52. The number of fused-ring (bicyclic) bond motifs is 3. The van der Waals surface area contributed by atoms with Crippen molar-refractivity contribution < 1.29 is 53.9 Å². The topological polar surface area (TPSA) is 214 Å². The number of aliphatic hydroxyl groups excluding tert-OH is 2. The molecule has 1 aromatic rings. The number of esters is 2. The number of allylic oxidation sites excluding steroid dienone is 1. The molecule has 240 valence electrons. The highest BCUT2D eigenvalue weighted by atomic mass is 127. The zero-order chi connectivity index (χ0) is 33.5. The maximum Gasteiger partial charge on any atom is 0.344 e. The molecule has 0 aromatic heterocycles. The van der Waals surface area contributed by atoms with E-state index >= 15 is 0 Å². The number of phenols is 1. The minimum atomic E-state index is -2.76. The van der Waals surface area contributed by atoms with E-state index < -0.39 is 75.7 Å². The van der Waals surface area contributed by atoms with Gasteiger partial charge in [0.1, 0.15) is 22.8 Å². The maximum atomic E-state index is 14.0. The highest BCUT2D eigenvalue weighted by Gasteiger charge is 2.63. The molecule has 45 heavy (non-hydrogen) atoms. The van der Waals surface area contributed by atoms with Crippen molar-refractivity contribution in [1.29, 1.82) is 0 Å². The van der Waals surface area contributed by atoms with Crippen molar-refractivity contribution in [1.82, 2.24) is 4.90 Å². The van der Waals surface area contributed by atoms with Crippen LogP contribution < -0.4 is 5.73 Å². The number of aliphatic hydroxyl groups is 3. The molecule has 1 aromatic carbocycles. The standard InChI is InChI=1S/C31H33IN2O11/c1-5-44-29(41)15(12-18(32)30(42)45-6-2)9-13-7-8-19(35)21-16(13)10-14-11-17-23(34(3)4)25(37)22(28(33)40)27(39)31(17,43)26(38)20(14)24(21)36/h7-9,12,14,17,23,35,37-38,43H,5-6,10-11H2,1-4H3,(H2,33,40)/b15-9-,18-12-/t14-,17-,23-,31-/m0/s1. The van der Waals surface area contributed by atoms with Crippen LogP contribution >= 0.6 is 22.6 Å². The van der Waals surface area contributed by atoms with Gasteiger partial charge in [-0.05, 0) is 98.6 Å². The van der Waals surface area contributed by atoms with Gasteiger partial charge in [0.05, 0.1) is 34.0 Å². The van der Waals surface area contributed by atoms with E-state index in [-0.39, 0.29) is 46.3 Å². The molecular formula is C31H33IN2O11. The molecule has 4 rings (SSSR count). The van der Waals surface area contributed by atoms with Crippen LogP contribution in [-0.4, -0.2) is 93.7 Å². The van der Waals surface area contributed by atoms with Gasteiger partial charge in [-0.25, -0.2) is 9.59 Å². The molecule has 4 atom stereocenters. The first-order chi connectivity index (χ1) is 21.1. The second-order valence-corrected chi connectivity index (χ2v) is 12.2. The van der Waals surface area contributed by atoms with E-state index in [0.29, 0.717) is 11.1 Å². The van der Waals surface area contributed by atoms with Gasteiger partial charge in [0, 0.05) is 11.5 Å². The number of carbonyl (C=O) groups is 5. The van der Waals surface area contributed by atoms with E-state index in [0.717, 1.165) is 0 Å². The third kappa shape index (κ3) is 5.66. The summed E-state index contributed by atoms with van der Waals surface area (Å²) in [5.74, 6) is -9.05. The number of nitrogens with two attached hydrogens (primary N) is 1. The number of aromatic hydroxyl groups is 1. The number of ketones is 2. The molecule has 1 amide bonds. The van der Waals surface area contributed by atoms with Crippen LogP contribution in [0.15, 0.2) is 50.0 Å². The lowest BCUT2D eigenvalue weighted by Crippen LogP contribution is -2.63. The number of rotatable bonds is 8. The van der Waals surface area contributed by atoms with E-state index in [1.54, 1.807) is 36.4 Å². The molecule has 0 saturated carbocycles. The lowest BCUT2D eigenvalue weighted by molar-refractivity contribution is -0.148. The minimum Gasteiger partial charge on any atom is -0.510 e. The highest BCUT2D eigenvalue weighted by molar-refractivity contribution is 14.1. The van der Waals surface area contributed by atoms with E-state index in [1.807, 2.05) is 0 Å². The van der Waals surface area contributed by atoms with Crippen molar-refractivity contribution in [3.05, 3.63) is 66.7 Å². The first-order valence-electron chi connectivity index (χ1n) is 14.0. The fourth-order valence-electron chi connectivity index (χ4n) is 6.35. The number of phenolic OH excluding ortho intramolecular Hbond substituents is 1. The summed E-state index contributed by atoms with van der Waals surface area (Å²) in [4.78, 5) is 66.2. The first kappa shape index (κ1) is 33.9. The number of likely N-dealkylation sites (N-methyl/N-ethyl adjacent to an activating group) is 1. The minimum absolute atomic E-state index is 0.00353. The van der Waals surface area contributed by atoms with Crippen molar-refractivity contribution in [3.63, 3.8) is 0 Å². The summed E-state index contributed by atoms with van der Waals surface area (Å²) in [6.07, 6.45) is 2.58. The normalized spacial score (nSPS) is 25.1. The van der Waals surface area contributed by atoms with Gasteiger partial charge in [-0.3, -0.25) is 19.3 Å². The summed E-state index contributed by atoms with van der Waals surface area (Å²) in [6.45, 7) is 3.39. The number of primary amides is 1. The Kier molecular flexibility index (Phi) is 9.61. The zero-order valence-electron chi connectivity index (χ0n) is 24.9. The van der Waals surface area contributed by atoms with Gasteiger partial charge < -0.3 is 35.6 Å². The fourth-order valence-corrected chi connectivity index (χ4v) is 6.84. The molecule has 3 aliphatic carbocycles. The van der Waals surface area contributed by atoms with Crippen molar-refractivity contribution in [2.45, 2.75) is 38.3 Å². The Morgan fingerprint density at radius 3 is 2.29 bits per heavy atom. The summed E-state index contributed by atoms with van der Waals surface area (Å²) in [6, 6.07) is 1.55. The summed E-state index contributed by atoms with van der Waals surface area (Å²) in [5, 5.41) is 44.9. The van der Waals surface area contributed by atoms with Gasteiger partial charge in [-0.15, -0.1) is 0 Å². The SMILES string of the molecule is CCOC(=O)/C(I)=C/C(=C/c1ccc(O)c2c1C[C@H]1C[C@H]3[C@H](N(C)C)C(O)=C(C(N)=O)C(=O)[C@@]3(O)C(O)=C1C2=O)C(=O)OCC. The molecule has 3 aliphatic rings. The number of nitrogens with zero attached hydrogens (tertiary/aromatic N) is 1. The Balaban J connectivity index is 1.92. The molecule has 0 aliphatic heterocycles. The van der Waals surface area contributed by atoms with Gasteiger partial charge in [-0.1, -0.05) is 6.07 Å². The second kappa shape index (κ2) is 12.8. The quantitative estimate of drug-likeness (QED) is 0.0852. The molecule has 6 N–H and O–H groups in total. The van der Waals surface area contributed by atoms with Crippen molar-refractivity contribution in [3.8, 4) is 5.75 Å². The van der Waals surface area contributed by atoms with Crippen molar-refractivity contribution in [2.24, 2.45) is 17.6 Å². The lowest BCUT2D eigenvalue weighted by Gasteiger charge is -2.50. The predicted octanol–water partition coefficient (Wildman–Crippen LogP) is 1.95. The van der Waals surface area contributed by atoms with Gasteiger partial charge in [0.15, 0.2) is 11.4 Å². The zero-order valence-corrected chi connectivity index (χ0v) is 27.1. The van der Waals surface area contributed by atoms with Crippen LogP contribution in [0.3, 0.4) is 0 Å². The summed E-state index contributed by atoms with van der Waals surface area (Å²) >= 11 is 1.73. The Morgan fingerprint density at radius 1 is 1.09 bits per heavy atom. The van der Waals surface area contributed by atoms with Crippen LogP contribution in [0, 0.1) is 11.8 Å². The number of carbonyl (C=O) groups excluding carboxylic acids is 5. The molecule has 0 unspecified atom stereocenters. The molecule has 14 heteroatoms. The first-order valence-corrected chi connectivity index (χ1v) is 15.1. The number of hydrogen-bond donors (Lipinski definition) is 5. The van der Waals surface area contributed by atoms with Crippen LogP contribution in [0.4, 0.5) is 0 Å². The van der Waals surface area contributed by atoms with E-state index in [2.05, 4.69) is 0 Å². The molecule has 0 heterocycles. The van der Waals surface area contributed by atoms with Crippen molar-refractivity contribution >= 4 is 58.1 Å². The Bertz CT molecular complexity index is 1640. The largest absolute Gasteiger partial charge is 0.510 e. The second-order valence-electron chi connectivity index (χ2n) is 11.0. The molecule has 0 saturated heterocycles. The average molecular weight is 737 g/mol. The van der Waals surface area contributed by atoms with Crippen LogP contribution in [-0.2, 0) is 35.1 Å².